The number of hydrogen-bond acceptors (Lipinski definition) is 6. The lowest BCUT2D eigenvalue weighted by Gasteiger charge is -2.38. The third kappa shape index (κ3) is 4.82. The molecule has 2 aliphatic rings. The summed E-state index contributed by atoms with van der Waals surface area (Å²) in [4.78, 5) is 13.5. The SMILES string of the molecule is NC(=O)OC1CCCN(C2CC(c3ccc(F)cc3)CC2Oc2nnccc2Cl)C1. The first-order valence-corrected chi connectivity index (χ1v) is 10.5. The first kappa shape index (κ1) is 20.8. The molecule has 9 heteroatoms. The Bertz CT molecular complexity index is 885. The Morgan fingerprint density at radius 3 is 2.77 bits per heavy atom. The molecule has 2 fully saturated rings. The summed E-state index contributed by atoms with van der Waals surface area (Å²) in [5.41, 5.74) is 6.28. The van der Waals surface area contributed by atoms with E-state index in [0.29, 0.717) is 17.4 Å². The minimum atomic E-state index is -0.753. The number of piperidine rings is 1. The van der Waals surface area contributed by atoms with Crippen LogP contribution in [0.1, 0.15) is 37.2 Å². The maximum absolute atomic E-state index is 13.4. The molecule has 0 bridgehead atoms. The lowest BCUT2D eigenvalue weighted by atomic mass is 9.97. The van der Waals surface area contributed by atoms with Gasteiger partial charge >= 0.3 is 6.09 Å². The summed E-state index contributed by atoms with van der Waals surface area (Å²) >= 11 is 6.23. The van der Waals surface area contributed by atoms with Gasteiger partial charge in [0.1, 0.15) is 23.0 Å². The molecule has 30 heavy (non-hydrogen) atoms. The average molecular weight is 435 g/mol. The Kier molecular flexibility index (Phi) is 6.34. The molecule has 1 amide bonds. The molecule has 7 nitrogen and oxygen atoms in total. The maximum Gasteiger partial charge on any atom is 0.404 e. The summed E-state index contributed by atoms with van der Waals surface area (Å²) in [5, 5.41) is 8.30. The fraction of sp³-hybridized carbons (Fsp3) is 0.476. The number of carbonyl (C=O) groups is 1. The van der Waals surface area contributed by atoms with Crippen LogP contribution in [0.5, 0.6) is 5.88 Å². The Balaban J connectivity index is 1.55. The van der Waals surface area contributed by atoms with Crippen LogP contribution in [-0.2, 0) is 4.74 Å². The predicted molar refractivity (Wildman–Crippen MR) is 109 cm³/mol. The van der Waals surface area contributed by atoms with Crippen molar-refractivity contribution in [1.29, 1.82) is 0 Å². The second-order valence-corrected chi connectivity index (χ2v) is 8.23. The molecule has 2 heterocycles. The number of rotatable bonds is 5. The van der Waals surface area contributed by atoms with Gasteiger partial charge < -0.3 is 15.2 Å². The van der Waals surface area contributed by atoms with Crippen LogP contribution in [0.2, 0.25) is 5.02 Å². The summed E-state index contributed by atoms with van der Waals surface area (Å²) in [6, 6.07) is 8.32. The molecule has 1 saturated heterocycles. The largest absolute Gasteiger partial charge is 0.471 e. The van der Waals surface area contributed by atoms with Crippen LogP contribution >= 0.6 is 11.6 Å². The van der Waals surface area contributed by atoms with Gasteiger partial charge in [0.2, 0.25) is 0 Å². The quantitative estimate of drug-likeness (QED) is 0.774. The molecule has 1 saturated carbocycles. The summed E-state index contributed by atoms with van der Waals surface area (Å²) in [5.74, 6) is 0.249. The lowest BCUT2D eigenvalue weighted by molar-refractivity contribution is 0.00698. The monoisotopic (exact) mass is 434 g/mol. The molecular formula is C21H24ClFN4O3. The van der Waals surface area contributed by atoms with Gasteiger partial charge in [-0.2, -0.15) is 5.10 Å². The van der Waals surface area contributed by atoms with Crippen molar-refractivity contribution < 1.29 is 18.7 Å². The highest BCUT2D eigenvalue weighted by molar-refractivity contribution is 6.31. The zero-order valence-corrected chi connectivity index (χ0v) is 17.2. The molecule has 160 valence electrons. The van der Waals surface area contributed by atoms with Crippen molar-refractivity contribution in [3.63, 3.8) is 0 Å². The van der Waals surface area contributed by atoms with Crippen molar-refractivity contribution in [2.75, 3.05) is 13.1 Å². The zero-order chi connectivity index (χ0) is 21.1. The normalized spacial score (nSPS) is 27.0. The first-order chi connectivity index (χ1) is 14.5. The van der Waals surface area contributed by atoms with Crippen molar-refractivity contribution in [2.24, 2.45) is 5.73 Å². The fourth-order valence-electron chi connectivity index (χ4n) is 4.55. The standard InChI is InChI=1S/C21H24ClFN4O3/c22-17-7-8-25-26-20(17)30-19-11-14(13-3-5-15(23)6-4-13)10-18(19)27-9-1-2-16(12-27)29-21(24)28/h3-8,14,16,18-19H,1-2,9-12H2,(H2,24,28). The van der Waals surface area contributed by atoms with Crippen molar-refractivity contribution in [2.45, 2.75) is 49.9 Å². The second-order valence-electron chi connectivity index (χ2n) is 7.82. The number of primary amides is 1. The van der Waals surface area contributed by atoms with E-state index in [0.717, 1.165) is 37.8 Å². The smallest absolute Gasteiger partial charge is 0.404 e. The molecule has 1 aromatic carbocycles. The number of likely N-dealkylation sites (tertiary alicyclic amines) is 1. The molecule has 1 aliphatic heterocycles. The van der Waals surface area contributed by atoms with Gasteiger partial charge in [0.25, 0.3) is 5.88 Å². The van der Waals surface area contributed by atoms with Crippen molar-refractivity contribution >= 4 is 17.7 Å². The lowest BCUT2D eigenvalue weighted by Crippen LogP contribution is -2.50. The van der Waals surface area contributed by atoms with Gasteiger partial charge in [-0.1, -0.05) is 23.7 Å². The van der Waals surface area contributed by atoms with Gasteiger partial charge in [-0.15, -0.1) is 5.10 Å². The minimum absolute atomic E-state index is 0.0670. The minimum Gasteiger partial charge on any atom is -0.471 e. The molecule has 0 radical (unpaired) electrons. The number of aromatic nitrogens is 2. The molecule has 4 unspecified atom stereocenters. The molecule has 2 aromatic rings. The third-order valence-electron chi connectivity index (χ3n) is 5.88. The summed E-state index contributed by atoms with van der Waals surface area (Å²) < 4.78 is 24.8. The molecule has 2 N–H and O–H groups in total. The van der Waals surface area contributed by atoms with E-state index in [1.165, 1.54) is 18.3 Å². The Morgan fingerprint density at radius 2 is 2.03 bits per heavy atom. The number of carbonyl (C=O) groups excluding carboxylic acids is 1. The number of ether oxygens (including phenoxy) is 2. The second kappa shape index (κ2) is 9.14. The van der Waals surface area contributed by atoms with Gasteiger partial charge in [-0.05, 0) is 61.9 Å². The Morgan fingerprint density at radius 1 is 1.23 bits per heavy atom. The average Bonchev–Trinajstić information content (AvgIpc) is 3.14. The van der Waals surface area contributed by atoms with Gasteiger partial charge in [-0.3, -0.25) is 4.90 Å². The summed E-state index contributed by atoms with van der Waals surface area (Å²) in [6.45, 7) is 1.46. The highest BCUT2D eigenvalue weighted by Crippen LogP contribution is 2.40. The van der Waals surface area contributed by atoms with Crippen LogP contribution in [0.4, 0.5) is 9.18 Å². The predicted octanol–water partition coefficient (Wildman–Crippen LogP) is 3.52. The van der Waals surface area contributed by atoms with Crippen molar-refractivity contribution in [3.05, 3.63) is 52.9 Å². The maximum atomic E-state index is 13.4. The third-order valence-corrected chi connectivity index (χ3v) is 6.17. The molecule has 4 atom stereocenters. The van der Waals surface area contributed by atoms with E-state index < -0.39 is 6.09 Å². The number of benzene rings is 1. The molecule has 1 aliphatic carbocycles. The number of hydrogen-bond donors (Lipinski definition) is 1. The topological polar surface area (TPSA) is 90.6 Å². The first-order valence-electron chi connectivity index (χ1n) is 10.1. The number of nitrogens with zero attached hydrogens (tertiary/aromatic N) is 3. The van der Waals surface area contributed by atoms with Crippen LogP contribution < -0.4 is 10.5 Å². The van der Waals surface area contributed by atoms with Crippen LogP contribution in [0.3, 0.4) is 0 Å². The number of nitrogens with two attached hydrogens (primary N) is 1. The van der Waals surface area contributed by atoms with Crippen molar-refractivity contribution in [1.82, 2.24) is 15.1 Å². The fourth-order valence-corrected chi connectivity index (χ4v) is 4.69. The van der Waals surface area contributed by atoms with Crippen LogP contribution in [0, 0.1) is 5.82 Å². The van der Waals surface area contributed by atoms with Gasteiger partial charge in [0, 0.05) is 12.6 Å². The molecule has 0 spiro atoms. The van der Waals surface area contributed by atoms with Crippen molar-refractivity contribution in [3.8, 4) is 5.88 Å². The van der Waals surface area contributed by atoms with Gasteiger partial charge in [0.05, 0.1) is 6.20 Å². The highest BCUT2D eigenvalue weighted by atomic mass is 35.5. The number of halogens is 2. The van der Waals surface area contributed by atoms with E-state index in [2.05, 4.69) is 15.1 Å². The van der Waals surface area contributed by atoms with E-state index in [1.807, 2.05) is 12.1 Å². The van der Waals surface area contributed by atoms with E-state index in [4.69, 9.17) is 26.8 Å². The highest BCUT2D eigenvalue weighted by Gasteiger charge is 2.42. The zero-order valence-electron chi connectivity index (χ0n) is 16.4. The van der Waals surface area contributed by atoms with E-state index in [1.54, 1.807) is 6.07 Å². The Hall–Kier alpha value is -2.45. The molecular weight excluding hydrogens is 411 g/mol. The molecule has 1 aromatic heterocycles. The summed E-state index contributed by atoms with van der Waals surface area (Å²) in [6.07, 6.45) is 3.60. The van der Waals surface area contributed by atoms with E-state index in [-0.39, 0.29) is 30.0 Å². The van der Waals surface area contributed by atoms with Crippen LogP contribution in [-0.4, -0.2) is 52.5 Å². The van der Waals surface area contributed by atoms with Gasteiger partial charge in [-0.25, -0.2) is 9.18 Å². The number of amides is 1. The van der Waals surface area contributed by atoms with E-state index in [9.17, 15) is 9.18 Å². The van der Waals surface area contributed by atoms with Crippen LogP contribution in [0.15, 0.2) is 36.5 Å². The van der Waals surface area contributed by atoms with E-state index >= 15 is 0 Å². The van der Waals surface area contributed by atoms with Crippen LogP contribution in [0.25, 0.3) is 0 Å². The summed E-state index contributed by atoms with van der Waals surface area (Å²) in [7, 11) is 0. The Labute approximate surface area is 179 Å². The molecule has 4 rings (SSSR count). The van der Waals surface area contributed by atoms with Gasteiger partial charge in [0.15, 0.2) is 0 Å².